The molecule has 0 spiro atoms. The van der Waals surface area contributed by atoms with E-state index in [1.54, 1.807) is 6.20 Å². The average molecular weight is 455 g/mol. The van der Waals surface area contributed by atoms with Crippen molar-refractivity contribution in [1.29, 1.82) is 0 Å². The highest BCUT2D eigenvalue weighted by Gasteiger charge is 2.19. The van der Waals surface area contributed by atoms with Gasteiger partial charge in [0.15, 0.2) is 0 Å². The van der Waals surface area contributed by atoms with Crippen LogP contribution in [0.5, 0.6) is 5.75 Å². The van der Waals surface area contributed by atoms with Crippen LogP contribution in [0, 0.1) is 12.7 Å². The zero-order valence-corrected chi connectivity index (χ0v) is 18.5. The summed E-state index contributed by atoms with van der Waals surface area (Å²) in [7, 11) is 0. The molecule has 0 saturated heterocycles. The molecule has 2 heterocycles. The van der Waals surface area contributed by atoms with E-state index in [4.69, 9.17) is 0 Å². The van der Waals surface area contributed by atoms with Crippen LogP contribution in [0.1, 0.15) is 17.3 Å². The first-order valence-electron chi connectivity index (χ1n) is 10.9. The molecule has 170 valence electrons. The predicted molar refractivity (Wildman–Crippen MR) is 131 cm³/mol. The van der Waals surface area contributed by atoms with Crippen molar-refractivity contribution in [3.63, 3.8) is 0 Å². The van der Waals surface area contributed by atoms with Crippen LogP contribution < -0.4 is 5.32 Å². The summed E-state index contributed by atoms with van der Waals surface area (Å²) >= 11 is 0. The minimum Gasteiger partial charge on any atom is -0.507 e. The van der Waals surface area contributed by atoms with Crippen molar-refractivity contribution in [1.82, 2.24) is 15.2 Å². The van der Waals surface area contributed by atoms with Crippen molar-refractivity contribution in [3.05, 3.63) is 96.1 Å². The second-order valence-electron chi connectivity index (χ2n) is 8.12. The lowest BCUT2D eigenvalue weighted by atomic mass is 9.96. The Morgan fingerprint density at radius 2 is 1.85 bits per heavy atom. The predicted octanol–water partition coefficient (Wildman–Crippen LogP) is 5.59. The molecule has 3 aromatic carbocycles. The summed E-state index contributed by atoms with van der Waals surface area (Å²) in [6.07, 6.45) is 1.58. The van der Waals surface area contributed by atoms with E-state index in [9.17, 15) is 14.6 Å². The van der Waals surface area contributed by atoms with Crippen molar-refractivity contribution >= 4 is 16.6 Å². The molecule has 5 rings (SSSR count). The third-order valence-corrected chi connectivity index (χ3v) is 5.90. The maximum absolute atomic E-state index is 14.8. The summed E-state index contributed by atoms with van der Waals surface area (Å²) < 4.78 is 14.8. The van der Waals surface area contributed by atoms with Gasteiger partial charge in [-0.25, -0.2) is 4.39 Å². The molecule has 0 amide bonds. The lowest BCUT2D eigenvalue weighted by molar-refractivity contribution is 0.276. The number of benzene rings is 3. The van der Waals surface area contributed by atoms with Gasteiger partial charge in [0.2, 0.25) is 0 Å². The van der Waals surface area contributed by atoms with Crippen LogP contribution in [0.3, 0.4) is 0 Å². The molecule has 7 heteroatoms. The number of halogens is 1. The highest BCUT2D eigenvalue weighted by Crippen LogP contribution is 2.39. The van der Waals surface area contributed by atoms with Crippen molar-refractivity contribution in [2.75, 3.05) is 11.9 Å². The Morgan fingerprint density at radius 1 is 1.03 bits per heavy atom. The molecule has 6 nitrogen and oxygen atoms in total. The van der Waals surface area contributed by atoms with Gasteiger partial charge in [-0.3, -0.25) is 10.1 Å². The number of aliphatic hydroxyl groups is 1. The second-order valence-corrected chi connectivity index (χ2v) is 8.12. The molecule has 0 aliphatic heterocycles. The number of nitrogens with zero attached hydrogens (tertiary/aromatic N) is 2. The molecule has 1 unspecified atom stereocenters. The maximum atomic E-state index is 14.8. The zero-order valence-electron chi connectivity index (χ0n) is 18.5. The van der Waals surface area contributed by atoms with Crippen LogP contribution in [0.25, 0.3) is 33.3 Å². The maximum Gasteiger partial charge on any atom is 0.136 e. The Kier molecular flexibility index (Phi) is 5.69. The number of nitrogens with one attached hydrogen (secondary N) is 2. The van der Waals surface area contributed by atoms with Crippen molar-refractivity contribution in [3.8, 4) is 28.1 Å². The second kappa shape index (κ2) is 8.96. The highest BCUT2D eigenvalue weighted by atomic mass is 19.1. The summed E-state index contributed by atoms with van der Waals surface area (Å²) in [4.78, 5) is 4.55. The lowest BCUT2D eigenvalue weighted by Gasteiger charge is -2.20. The van der Waals surface area contributed by atoms with E-state index < -0.39 is 5.82 Å². The topological polar surface area (TPSA) is 94.1 Å². The fourth-order valence-corrected chi connectivity index (χ4v) is 4.14. The van der Waals surface area contributed by atoms with Gasteiger partial charge in [-0.1, -0.05) is 42.5 Å². The number of aromatic hydroxyl groups is 1. The quantitative estimate of drug-likeness (QED) is 0.268. The Labute approximate surface area is 195 Å². The molecule has 0 aliphatic rings. The Hall–Kier alpha value is -4.23. The molecule has 0 aliphatic carbocycles. The smallest absolute Gasteiger partial charge is 0.136 e. The van der Waals surface area contributed by atoms with E-state index in [2.05, 4.69) is 20.5 Å². The number of H-pyrrole nitrogens is 1. The lowest BCUT2D eigenvalue weighted by Crippen LogP contribution is -2.15. The molecule has 0 bridgehead atoms. The van der Waals surface area contributed by atoms with Gasteiger partial charge in [0, 0.05) is 16.6 Å². The van der Waals surface area contributed by atoms with Crippen LogP contribution in [0.4, 0.5) is 10.1 Å². The van der Waals surface area contributed by atoms with Crippen molar-refractivity contribution < 1.29 is 14.6 Å². The number of fused-ring (bicyclic) bond motifs is 1. The molecule has 0 radical (unpaired) electrons. The number of phenols is 1. The van der Waals surface area contributed by atoms with E-state index in [-0.39, 0.29) is 24.0 Å². The average Bonchev–Trinajstić information content (AvgIpc) is 3.23. The number of pyridine rings is 1. The van der Waals surface area contributed by atoms with Gasteiger partial charge >= 0.3 is 0 Å². The Bertz CT molecular complexity index is 1450. The van der Waals surface area contributed by atoms with E-state index in [0.29, 0.717) is 16.9 Å². The normalized spacial score (nSPS) is 12.1. The summed E-state index contributed by atoms with van der Waals surface area (Å²) in [6, 6.07) is 21.1. The minimum atomic E-state index is -0.562. The van der Waals surface area contributed by atoms with Gasteiger partial charge in [-0.05, 0) is 48.4 Å². The van der Waals surface area contributed by atoms with Gasteiger partial charge in [-0.15, -0.1) is 0 Å². The van der Waals surface area contributed by atoms with Gasteiger partial charge in [0.25, 0.3) is 0 Å². The van der Waals surface area contributed by atoms with Crippen LogP contribution in [-0.4, -0.2) is 32.0 Å². The molecule has 34 heavy (non-hydrogen) atoms. The van der Waals surface area contributed by atoms with Gasteiger partial charge in [-0.2, -0.15) is 5.10 Å². The number of hydrogen-bond acceptors (Lipinski definition) is 5. The minimum absolute atomic E-state index is 0.0369. The number of anilines is 1. The Balaban J connectivity index is 1.66. The molecular formula is C27H23FN4O2. The first-order chi connectivity index (χ1) is 16.5. The van der Waals surface area contributed by atoms with Gasteiger partial charge in [0.05, 0.1) is 41.3 Å². The Morgan fingerprint density at radius 3 is 2.62 bits per heavy atom. The standard InChI is InChI=1S/C27H23FN4O2/c1-16-20-12-18(10-11-23(20)32-31-16)21-13-19(30-24(15-33)17-6-3-2-4-7-17)14-29-27(21)26-22(28)8-5-9-25(26)34/h2-14,24,30,33-34H,15H2,1H3,(H,31,32). The molecule has 0 saturated carbocycles. The summed E-state index contributed by atoms with van der Waals surface area (Å²) in [6.45, 7) is 1.82. The van der Waals surface area contributed by atoms with Crippen LogP contribution in [0.15, 0.2) is 79.0 Å². The van der Waals surface area contributed by atoms with Crippen molar-refractivity contribution in [2.45, 2.75) is 13.0 Å². The third-order valence-electron chi connectivity index (χ3n) is 5.90. The van der Waals surface area contributed by atoms with Gasteiger partial charge < -0.3 is 15.5 Å². The first kappa shape index (κ1) is 21.6. The molecule has 0 fully saturated rings. The van der Waals surface area contributed by atoms with Crippen LogP contribution in [0.2, 0.25) is 0 Å². The highest BCUT2D eigenvalue weighted by molar-refractivity contribution is 5.91. The number of aromatic nitrogens is 3. The molecular weight excluding hydrogens is 431 g/mol. The molecule has 4 N–H and O–H groups in total. The summed E-state index contributed by atoms with van der Waals surface area (Å²) in [5.41, 5.74) is 5.11. The number of rotatable bonds is 6. The molecule has 1 atom stereocenters. The van der Waals surface area contributed by atoms with E-state index >= 15 is 0 Å². The summed E-state index contributed by atoms with van der Waals surface area (Å²) in [5.74, 6) is -0.750. The zero-order chi connectivity index (χ0) is 23.7. The number of aromatic amines is 1. The SMILES string of the molecule is Cc1[nH]nc2ccc(-c3cc(NC(CO)c4ccccc4)cnc3-c3c(O)cccc3F)cc12. The monoisotopic (exact) mass is 454 g/mol. The number of phenolic OH excluding ortho intramolecular Hbond substituents is 1. The summed E-state index contributed by atoms with van der Waals surface area (Å²) in [5, 5.41) is 32.0. The number of aliphatic hydroxyl groups excluding tert-OH is 1. The first-order valence-corrected chi connectivity index (χ1v) is 10.9. The van der Waals surface area contributed by atoms with Crippen LogP contribution in [-0.2, 0) is 0 Å². The fraction of sp³-hybridized carbons (Fsp3) is 0.111. The number of aryl methyl sites for hydroxylation is 1. The number of hydrogen-bond donors (Lipinski definition) is 4. The van der Waals surface area contributed by atoms with Gasteiger partial charge in [0.1, 0.15) is 11.6 Å². The molecule has 2 aromatic heterocycles. The van der Waals surface area contributed by atoms with Crippen molar-refractivity contribution in [2.24, 2.45) is 0 Å². The van der Waals surface area contributed by atoms with E-state index in [0.717, 1.165) is 27.7 Å². The fourth-order valence-electron chi connectivity index (χ4n) is 4.14. The van der Waals surface area contributed by atoms with E-state index in [1.165, 1.54) is 18.2 Å². The van der Waals surface area contributed by atoms with E-state index in [1.807, 2.05) is 61.5 Å². The van der Waals surface area contributed by atoms with Crippen LogP contribution >= 0.6 is 0 Å². The largest absolute Gasteiger partial charge is 0.507 e. The third kappa shape index (κ3) is 3.97. The molecule has 5 aromatic rings.